The highest BCUT2D eigenvalue weighted by molar-refractivity contribution is 6.16. The second kappa shape index (κ2) is 16.2. The van der Waals surface area contributed by atoms with Crippen LogP contribution in [0.25, 0.3) is 5.57 Å². The summed E-state index contributed by atoms with van der Waals surface area (Å²) in [5.74, 6) is -0.359. The molecule has 1 aromatic rings. The maximum absolute atomic E-state index is 15.8. The van der Waals surface area contributed by atoms with Crippen molar-refractivity contribution in [1.29, 1.82) is 0 Å². The van der Waals surface area contributed by atoms with Gasteiger partial charge in [0.05, 0.1) is 7.11 Å². The van der Waals surface area contributed by atoms with Crippen molar-refractivity contribution >= 4 is 29.0 Å². The number of benzene rings is 1. The fraction of sp³-hybridized carbons (Fsp3) is 0.439. The molecule has 0 radical (unpaired) electrons. The second-order valence-electron chi connectivity index (χ2n) is 13.6. The Morgan fingerprint density at radius 2 is 1.94 bits per heavy atom. The van der Waals surface area contributed by atoms with Crippen LogP contribution < -0.4 is 15.8 Å². The van der Waals surface area contributed by atoms with E-state index in [1.807, 2.05) is 31.2 Å². The number of carbonyl (C=O) groups excluding carboxylic acids is 3. The zero-order valence-corrected chi connectivity index (χ0v) is 30.1. The molecule has 3 aliphatic rings. The predicted octanol–water partition coefficient (Wildman–Crippen LogP) is 7.69. The number of fused-ring (bicyclic) bond motifs is 1. The zero-order chi connectivity index (χ0) is 36.0. The van der Waals surface area contributed by atoms with Crippen LogP contribution in [0.5, 0.6) is 5.75 Å². The number of nitrogens with zero attached hydrogens (tertiary/aromatic N) is 1. The second-order valence-corrected chi connectivity index (χ2v) is 13.6. The number of nitrogens with one attached hydrogen (secondary N) is 1. The maximum atomic E-state index is 15.8. The minimum absolute atomic E-state index is 0.178. The molecule has 4 rings (SSSR count). The molecule has 4 atom stereocenters. The first-order valence-electron chi connectivity index (χ1n) is 17.3. The van der Waals surface area contributed by atoms with Crippen LogP contribution in [0, 0.1) is 29.5 Å². The number of primary amides is 1. The summed E-state index contributed by atoms with van der Waals surface area (Å²) < 4.78 is 21.1. The molecule has 1 aromatic carbocycles. The van der Waals surface area contributed by atoms with Gasteiger partial charge in [0.25, 0.3) is 5.91 Å². The van der Waals surface area contributed by atoms with Crippen LogP contribution in [0.4, 0.5) is 4.39 Å². The number of hydrogen-bond donors (Lipinski definition) is 2. The number of nitrogens with two attached hydrogens (primary N) is 1. The molecule has 49 heavy (non-hydrogen) atoms. The summed E-state index contributed by atoms with van der Waals surface area (Å²) in [6, 6.07) is 2.97. The molecule has 7 nitrogen and oxygen atoms in total. The summed E-state index contributed by atoms with van der Waals surface area (Å²) in [5.41, 5.74) is 13.5. The third-order valence-electron chi connectivity index (χ3n) is 9.77. The van der Waals surface area contributed by atoms with E-state index in [9.17, 15) is 14.4 Å². The highest BCUT2D eigenvalue weighted by atomic mass is 19.1. The molecule has 0 bridgehead atoms. The number of amidine groups is 1. The Morgan fingerprint density at radius 3 is 2.53 bits per heavy atom. The van der Waals surface area contributed by atoms with Crippen molar-refractivity contribution in [3.63, 3.8) is 0 Å². The zero-order valence-electron chi connectivity index (χ0n) is 30.1. The van der Waals surface area contributed by atoms with Gasteiger partial charge in [-0.25, -0.2) is 4.39 Å². The van der Waals surface area contributed by atoms with Crippen LogP contribution in [0.1, 0.15) is 85.3 Å². The average Bonchev–Trinajstić information content (AvgIpc) is 3.40. The number of ketones is 1. The smallest absolute Gasteiger partial charge is 0.250 e. The minimum atomic E-state index is -0.682. The largest absolute Gasteiger partial charge is 0.494 e. The quantitative estimate of drug-likeness (QED) is 0.186. The highest BCUT2D eigenvalue weighted by Gasteiger charge is 2.32. The molecule has 4 unspecified atom stereocenters. The molecule has 8 heteroatoms. The minimum Gasteiger partial charge on any atom is -0.494 e. The Labute approximate surface area is 290 Å². The van der Waals surface area contributed by atoms with Gasteiger partial charge < -0.3 is 15.8 Å². The Bertz CT molecular complexity index is 1760. The molecular weight excluding hydrogens is 617 g/mol. The highest BCUT2D eigenvalue weighted by Crippen LogP contribution is 2.41. The first-order chi connectivity index (χ1) is 23.3. The average molecular weight is 668 g/mol. The summed E-state index contributed by atoms with van der Waals surface area (Å²) in [6.45, 7) is 13.6. The summed E-state index contributed by atoms with van der Waals surface area (Å²) in [6.07, 6.45) is 14.4. The molecule has 0 saturated heterocycles. The summed E-state index contributed by atoms with van der Waals surface area (Å²) >= 11 is 0. The van der Waals surface area contributed by atoms with Crippen LogP contribution in [0.15, 0.2) is 87.2 Å². The number of amides is 2. The van der Waals surface area contributed by atoms with Gasteiger partial charge in [0.2, 0.25) is 5.91 Å². The molecule has 0 aromatic heterocycles. The van der Waals surface area contributed by atoms with Gasteiger partial charge in [0.1, 0.15) is 11.9 Å². The number of aliphatic imine (C=N–C) groups is 1. The number of ether oxygens (including phenoxy) is 1. The molecule has 1 aliphatic heterocycles. The standard InChI is InChI=1S/C41H50FN3O4/c1-9-27(38-41(48)45-26(7)44-38)20-25(6)39(46)36(32(10-2)40(43)47)33-13-11-12-24(5)14-15-28(33)16-17-29-21-31(23(3)4)22-30-18-19-34(49-8)37(42)35(29)30/h11,13-16,18-20,23-24,27,31,38H,9-10,12,21-22H2,1-8H3,(H2,43,47)(H,44,45,48)/b13-11?,15-14-,25-20?,33-28-,36-32+. The van der Waals surface area contributed by atoms with E-state index in [-0.39, 0.29) is 46.8 Å². The molecule has 3 N–H and O–H groups in total. The van der Waals surface area contributed by atoms with Gasteiger partial charge in [0.15, 0.2) is 17.3 Å². The van der Waals surface area contributed by atoms with Crippen molar-refractivity contribution in [3.8, 4) is 5.75 Å². The van der Waals surface area contributed by atoms with Crippen molar-refractivity contribution in [2.45, 2.75) is 86.6 Å². The lowest BCUT2D eigenvalue weighted by Crippen LogP contribution is -2.32. The van der Waals surface area contributed by atoms with Gasteiger partial charge in [-0.3, -0.25) is 19.4 Å². The molecule has 0 fully saturated rings. The number of rotatable bonds is 11. The topological polar surface area (TPSA) is 111 Å². The molecule has 1 heterocycles. The Morgan fingerprint density at radius 1 is 1.20 bits per heavy atom. The Balaban J connectivity index is 1.97. The van der Waals surface area contributed by atoms with Crippen molar-refractivity contribution in [3.05, 3.63) is 99.1 Å². The van der Waals surface area contributed by atoms with E-state index in [1.165, 1.54) is 7.11 Å². The lowest BCUT2D eigenvalue weighted by Gasteiger charge is -2.29. The van der Waals surface area contributed by atoms with E-state index >= 15 is 4.39 Å². The fourth-order valence-corrected chi connectivity index (χ4v) is 6.79. The number of carbonyl (C=O) groups is 3. The third kappa shape index (κ3) is 8.37. The van der Waals surface area contributed by atoms with Crippen molar-refractivity contribution < 1.29 is 23.5 Å². The monoisotopic (exact) mass is 667 g/mol. The van der Waals surface area contributed by atoms with E-state index in [2.05, 4.69) is 42.9 Å². The molecule has 260 valence electrons. The summed E-state index contributed by atoms with van der Waals surface area (Å²) in [4.78, 5) is 44.5. The van der Waals surface area contributed by atoms with Crippen LogP contribution in [0.2, 0.25) is 0 Å². The van der Waals surface area contributed by atoms with E-state index in [1.54, 1.807) is 39.0 Å². The third-order valence-corrected chi connectivity index (χ3v) is 9.77. The normalized spacial score (nSPS) is 24.2. The van der Waals surface area contributed by atoms with E-state index < -0.39 is 17.8 Å². The number of halogens is 1. The number of Topliss-reactive ketones (excluding diaryl/α,β-unsaturated/α-hetero) is 1. The summed E-state index contributed by atoms with van der Waals surface area (Å²) in [5, 5.41) is 2.75. The van der Waals surface area contributed by atoms with Crippen LogP contribution >= 0.6 is 0 Å². The van der Waals surface area contributed by atoms with Crippen LogP contribution in [-0.2, 0) is 20.8 Å². The SMILES string of the molecule is CC/C(C(N)=O)=C(C(=O)C(C)=CC(CC)C1N=C(C)NC1=O)/C1=C(C=C=C2CC(C(C)C)Cc3ccc(OC)c(F)c32)/C=C\C(C)CC=C1. The number of methoxy groups -OCH3 is 1. The van der Waals surface area contributed by atoms with Gasteiger partial charge in [-0.2, -0.15) is 0 Å². The van der Waals surface area contributed by atoms with Gasteiger partial charge in [-0.1, -0.05) is 71.1 Å². The predicted molar refractivity (Wildman–Crippen MR) is 194 cm³/mol. The Kier molecular flexibility index (Phi) is 12.3. The number of allylic oxidation sites excluding steroid dienone is 9. The van der Waals surface area contributed by atoms with Gasteiger partial charge in [-0.05, 0) is 98.1 Å². The van der Waals surface area contributed by atoms with Crippen LogP contribution in [-0.4, -0.2) is 36.6 Å². The first-order valence-corrected chi connectivity index (χ1v) is 17.3. The van der Waals surface area contributed by atoms with E-state index in [0.717, 1.165) is 24.0 Å². The maximum Gasteiger partial charge on any atom is 0.250 e. The van der Waals surface area contributed by atoms with E-state index in [4.69, 9.17) is 10.5 Å². The number of hydrogen-bond acceptors (Lipinski definition) is 5. The molecule has 0 saturated carbocycles. The van der Waals surface area contributed by atoms with Crippen molar-refractivity contribution in [2.75, 3.05) is 7.11 Å². The molecule has 0 spiro atoms. The van der Waals surface area contributed by atoms with Gasteiger partial charge in [-0.15, -0.1) is 5.73 Å². The lowest BCUT2D eigenvalue weighted by atomic mass is 9.75. The van der Waals surface area contributed by atoms with Gasteiger partial charge in [0, 0.05) is 28.2 Å². The van der Waals surface area contributed by atoms with Crippen LogP contribution in [0.3, 0.4) is 0 Å². The fourth-order valence-electron chi connectivity index (χ4n) is 6.79. The van der Waals surface area contributed by atoms with E-state index in [0.29, 0.717) is 52.8 Å². The van der Waals surface area contributed by atoms with Crippen molar-refractivity contribution in [2.24, 2.45) is 34.4 Å². The first kappa shape index (κ1) is 37.3. The lowest BCUT2D eigenvalue weighted by molar-refractivity contribution is -0.121. The Hall–Kier alpha value is -4.55. The molecule has 2 amide bonds. The van der Waals surface area contributed by atoms with Crippen molar-refractivity contribution in [1.82, 2.24) is 5.32 Å². The summed E-state index contributed by atoms with van der Waals surface area (Å²) in [7, 11) is 1.46. The molecule has 2 aliphatic carbocycles. The van der Waals surface area contributed by atoms with Gasteiger partial charge >= 0.3 is 0 Å². The molecular formula is C41H50FN3O4.